The van der Waals surface area contributed by atoms with Gasteiger partial charge >= 0.3 is 0 Å². The molecule has 6 heteroatoms. The van der Waals surface area contributed by atoms with Gasteiger partial charge in [0, 0.05) is 31.2 Å². The van der Waals surface area contributed by atoms with Crippen LogP contribution in [-0.4, -0.2) is 62.2 Å². The van der Waals surface area contributed by atoms with Gasteiger partial charge in [-0.25, -0.2) is 0 Å². The van der Waals surface area contributed by atoms with Crippen molar-refractivity contribution in [2.75, 3.05) is 40.5 Å². The number of likely N-dealkylation sites (tertiary alicyclic amines) is 2. The van der Waals surface area contributed by atoms with E-state index in [9.17, 15) is 4.79 Å². The molecule has 166 valence electrons. The number of hydrogen-bond acceptors (Lipinski definition) is 5. The molecule has 2 aromatic rings. The van der Waals surface area contributed by atoms with E-state index in [1.165, 1.54) is 18.4 Å². The molecule has 6 nitrogen and oxygen atoms in total. The van der Waals surface area contributed by atoms with E-state index in [-0.39, 0.29) is 5.91 Å². The first kappa shape index (κ1) is 21.5. The van der Waals surface area contributed by atoms with Crippen LogP contribution in [0.15, 0.2) is 42.5 Å². The molecule has 0 unspecified atom stereocenters. The summed E-state index contributed by atoms with van der Waals surface area (Å²) in [5, 5.41) is 0. The maximum Gasteiger partial charge on any atom is 0.253 e. The van der Waals surface area contributed by atoms with Crippen LogP contribution in [0.3, 0.4) is 0 Å². The fourth-order valence-electron chi connectivity index (χ4n) is 4.87. The van der Waals surface area contributed by atoms with Crippen molar-refractivity contribution in [1.29, 1.82) is 0 Å². The normalized spacial score (nSPS) is 20.9. The highest BCUT2D eigenvalue weighted by Crippen LogP contribution is 2.34. The molecule has 0 N–H and O–H groups in total. The number of piperidine rings is 1. The summed E-state index contributed by atoms with van der Waals surface area (Å²) in [6, 6.07) is 14.0. The smallest absolute Gasteiger partial charge is 0.253 e. The van der Waals surface area contributed by atoms with Crippen molar-refractivity contribution in [2.45, 2.75) is 32.4 Å². The van der Waals surface area contributed by atoms with Gasteiger partial charge in [-0.15, -0.1) is 0 Å². The lowest BCUT2D eigenvalue weighted by molar-refractivity contribution is 0.0774. The van der Waals surface area contributed by atoms with Crippen molar-refractivity contribution in [3.8, 4) is 17.2 Å². The largest absolute Gasteiger partial charge is 0.497 e. The lowest BCUT2D eigenvalue weighted by Gasteiger charge is -2.36. The fraction of sp³-hybridized carbons (Fsp3) is 0.480. The van der Waals surface area contributed by atoms with E-state index in [2.05, 4.69) is 17.0 Å². The number of hydrogen-bond donors (Lipinski definition) is 0. The van der Waals surface area contributed by atoms with E-state index in [0.717, 1.165) is 49.0 Å². The predicted octanol–water partition coefficient (Wildman–Crippen LogP) is 3.84. The van der Waals surface area contributed by atoms with E-state index in [1.807, 2.05) is 42.2 Å². The lowest BCUT2D eigenvalue weighted by Crippen LogP contribution is -2.44. The molecule has 0 saturated carbocycles. The van der Waals surface area contributed by atoms with Crippen LogP contribution in [0.5, 0.6) is 17.2 Å². The maximum atomic E-state index is 13.1. The molecule has 2 aliphatic rings. The summed E-state index contributed by atoms with van der Waals surface area (Å²) in [6.45, 7) is 6.12. The third-order valence-electron chi connectivity index (χ3n) is 6.43. The maximum absolute atomic E-state index is 13.1. The molecule has 2 heterocycles. The first-order valence-electron chi connectivity index (χ1n) is 11.1. The average molecular weight is 425 g/mol. The second kappa shape index (κ2) is 9.60. The first-order valence-corrected chi connectivity index (χ1v) is 11.1. The number of methoxy groups -OCH3 is 2. The van der Waals surface area contributed by atoms with Gasteiger partial charge in [-0.1, -0.05) is 6.07 Å². The van der Waals surface area contributed by atoms with Crippen LogP contribution in [0.1, 0.15) is 35.7 Å². The van der Waals surface area contributed by atoms with Gasteiger partial charge in [0.05, 0.1) is 20.8 Å². The molecule has 4 rings (SSSR count). The highest BCUT2D eigenvalue weighted by Gasteiger charge is 2.40. The van der Waals surface area contributed by atoms with E-state index in [0.29, 0.717) is 18.6 Å². The Morgan fingerprint density at radius 3 is 2.55 bits per heavy atom. The van der Waals surface area contributed by atoms with Gasteiger partial charge < -0.3 is 19.1 Å². The zero-order chi connectivity index (χ0) is 21.8. The summed E-state index contributed by atoms with van der Waals surface area (Å²) in [7, 11) is 3.30. The van der Waals surface area contributed by atoms with Crippen molar-refractivity contribution < 1.29 is 19.0 Å². The van der Waals surface area contributed by atoms with Crippen LogP contribution >= 0.6 is 0 Å². The molecule has 2 aliphatic heterocycles. The van der Waals surface area contributed by atoms with Crippen molar-refractivity contribution in [1.82, 2.24) is 9.80 Å². The standard InChI is InChI=1S/C25H32N2O4/c1-4-31-24-14-18(7-12-23(24)30-3)15-26-13-5-6-20-16-27(17-22(20)26)25(28)19-8-10-21(29-2)11-9-19/h7-12,14,20,22H,4-6,13,15-17H2,1-3H3/t20-,22+/m1/s1. The van der Waals surface area contributed by atoms with Crippen molar-refractivity contribution in [2.24, 2.45) is 5.92 Å². The SMILES string of the molecule is CCOc1cc(CN2CCC[C@@H]3CN(C(=O)c4ccc(OC)cc4)C[C@@H]32)ccc1OC. The van der Waals surface area contributed by atoms with Gasteiger partial charge in [-0.2, -0.15) is 0 Å². The summed E-state index contributed by atoms with van der Waals surface area (Å²) in [4.78, 5) is 17.6. The van der Waals surface area contributed by atoms with E-state index in [4.69, 9.17) is 14.2 Å². The lowest BCUT2D eigenvalue weighted by atomic mass is 9.91. The Bertz CT molecular complexity index is 899. The van der Waals surface area contributed by atoms with Gasteiger partial charge in [0.25, 0.3) is 5.91 Å². The third kappa shape index (κ3) is 4.64. The van der Waals surface area contributed by atoms with Gasteiger partial charge in [0.15, 0.2) is 11.5 Å². The molecular formula is C25H32N2O4. The molecule has 2 saturated heterocycles. The number of carbonyl (C=O) groups excluding carboxylic acids is 1. The molecule has 0 radical (unpaired) electrons. The second-order valence-electron chi connectivity index (χ2n) is 8.30. The molecule has 0 spiro atoms. The van der Waals surface area contributed by atoms with Crippen LogP contribution in [0, 0.1) is 5.92 Å². The number of carbonyl (C=O) groups is 1. The third-order valence-corrected chi connectivity index (χ3v) is 6.43. The molecule has 0 aliphatic carbocycles. The van der Waals surface area contributed by atoms with Crippen LogP contribution < -0.4 is 14.2 Å². The second-order valence-corrected chi connectivity index (χ2v) is 8.30. The number of fused-ring (bicyclic) bond motifs is 1. The minimum atomic E-state index is 0.111. The summed E-state index contributed by atoms with van der Waals surface area (Å²) < 4.78 is 16.4. The summed E-state index contributed by atoms with van der Waals surface area (Å²) in [5.41, 5.74) is 1.94. The minimum absolute atomic E-state index is 0.111. The number of nitrogens with zero attached hydrogens (tertiary/aromatic N) is 2. The number of ether oxygens (including phenoxy) is 3. The monoisotopic (exact) mass is 424 g/mol. The summed E-state index contributed by atoms with van der Waals surface area (Å²) >= 11 is 0. The van der Waals surface area contributed by atoms with Crippen LogP contribution in [0.2, 0.25) is 0 Å². The molecule has 2 fully saturated rings. The summed E-state index contributed by atoms with van der Waals surface area (Å²) in [6.07, 6.45) is 2.35. The molecule has 2 atom stereocenters. The number of rotatable bonds is 7. The highest BCUT2D eigenvalue weighted by molar-refractivity contribution is 5.94. The Balaban J connectivity index is 1.45. The molecule has 2 aromatic carbocycles. The molecule has 0 bridgehead atoms. The average Bonchev–Trinajstić information content (AvgIpc) is 3.25. The quantitative estimate of drug-likeness (QED) is 0.676. The van der Waals surface area contributed by atoms with E-state index >= 15 is 0 Å². The fourth-order valence-corrected chi connectivity index (χ4v) is 4.87. The molecule has 1 amide bonds. The highest BCUT2D eigenvalue weighted by atomic mass is 16.5. The Morgan fingerprint density at radius 1 is 1.03 bits per heavy atom. The Labute approximate surface area is 184 Å². The molecule has 0 aromatic heterocycles. The van der Waals surface area contributed by atoms with Gasteiger partial charge in [-0.05, 0) is 74.2 Å². The van der Waals surface area contributed by atoms with E-state index in [1.54, 1.807) is 14.2 Å². The van der Waals surface area contributed by atoms with Crippen molar-refractivity contribution in [3.05, 3.63) is 53.6 Å². The van der Waals surface area contributed by atoms with Gasteiger partial charge in [0.1, 0.15) is 5.75 Å². The van der Waals surface area contributed by atoms with Crippen molar-refractivity contribution in [3.63, 3.8) is 0 Å². The molecular weight excluding hydrogens is 392 g/mol. The molecule has 31 heavy (non-hydrogen) atoms. The topological polar surface area (TPSA) is 51.2 Å². The Hall–Kier alpha value is -2.73. The van der Waals surface area contributed by atoms with Gasteiger partial charge in [-0.3, -0.25) is 9.69 Å². The number of amides is 1. The summed E-state index contributed by atoms with van der Waals surface area (Å²) in [5.74, 6) is 2.96. The minimum Gasteiger partial charge on any atom is -0.497 e. The Kier molecular flexibility index (Phi) is 6.66. The van der Waals surface area contributed by atoms with E-state index < -0.39 is 0 Å². The van der Waals surface area contributed by atoms with Crippen LogP contribution in [0.25, 0.3) is 0 Å². The first-order chi connectivity index (χ1) is 15.1. The van der Waals surface area contributed by atoms with Gasteiger partial charge in [0.2, 0.25) is 0 Å². The Morgan fingerprint density at radius 2 is 1.84 bits per heavy atom. The van der Waals surface area contributed by atoms with Crippen molar-refractivity contribution >= 4 is 5.91 Å². The zero-order valence-corrected chi connectivity index (χ0v) is 18.7. The predicted molar refractivity (Wildman–Crippen MR) is 120 cm³/mol. The number of benzene rings is 2. The van der Waals surface area contributed by atoms with Crippen LogP contribution in [0.4, 0.5) is 0 Å². The van der Waals surface area contributed by atoms with Crippen LogP contribution in [-0.2, 0) is 6.54 Å². The zero-order valence-electron chi connectivity index (χ0n) is 18.7.